The van der Waals surface area contributed by atoms with Crippen molar-refractivity contribution in [2.24, 2.45) is 0 Å². The lowest BCUT2D eigenvalue weighted by molar-refractivity contribution is 0.421. The molecule has 0 radical (unpaired) electrons. The van der Waals surface area contributed by atoms with Gasteiger partial charge in [-0.05, 0) is 50.9 Å². The third-order valence-corrected chi connectivity index (χ3v) is 3.78. The number of hydrogen-bond acceptors (Lipinski definition) is 2. The Labute approximate surface area is 109 Å². The van der Waals surface area contributed by atoms with Gasteiger partial charge in [0.05, 0.1) is 0 Å². The van der Waals surface area contributed by atoms with Crippen molar-refractivity contribution in [1.29, 1.82) is 0 Å². The molecule has 1 aliphatic rings. The summed E-state index contributed by atoms with van der Waals surface area (Å²) >= 11 is 6.22. The molecule has 1 aromatic rings. The smallest absolute Gasteiger partial charge is 0.0453 e. The molecule has 2 N–H and O–H groups in total. The van der Waals surface area contributed by atoms with Crippen LogP contribution in [0, 0.1) is 0 Å². The molecule has 1 aromatic carbocycles. The zero-order chi connectivity index (χ0) is 12.1. The Bertz CT molecular complexity index is 346. The van der Waals surface area contributed by atoms with Crippen LogP contribution >= 0.6 is 11.6 Å². The Balaban J connectivity index is 1.96. The highest BCUT2D eigenvalue weighted by Crippen LogP contribution is 2.23. The monoisotopic (exact) mass is 252 g/mol. The number of hydrogen-bond donors (Lipinski definition) is 2. The lowest BCUT2D eigenvalue weighted by Gasteiger charge is -2.22. The molecule has 2 unspecified atom stereocenters. The van der Waals surface area contributed by atoms with Crippen molar-refractivity contribution in [1.82, 2.24) is 10.6 Å². The van der Waals surface area contributed by atoms with Crippen molar-refractivity contribution in [2.45, 2.75) is 38.3 Å². The predicted molar refractivity (Wildman–Crippen MR) is 73.5 cm³/mol. The molecule has 0 amide bonds. The lowest BCUT2D eigenvalue weighted by Crippen LogP contribution is -2.32. The Morgan fingerprint density at radius 3 is 2.94 bits per heavy atom. The van der Waals surface area contributed by atoms with Gasteiger partial charge < -0.3 is 10.6 Å². The molecule has 94 valence electrons. The second kappa shape index (κ2) is 6.39. The molecule has 1 fully saturated rings. The van der Waals surface area contributed by atoms with Crippen molar-refractivity contribution in [3.05, 3.63) is 34.9 Å². The summed E-state index contributed by atoms with van der Waals surface area (Å²) < 4.78 is 0. The third-order valence-electron chi connectivity index (χ3n) is 3.43. The van der Waals surface area contributed by atoms with Crippen LogP contribution in [0.25, 0.3) is 0 Å². The summed E-state index contributed by atoms with van der Waals surface area (Å²) in [6.07, 6.45) is 3.71. The van der Waals surface area contributed by atoms with E-state index >= 15 is 0 Å². The first-order valence-corrected chi connectivity index (χ1v) is 6.86. The molecule has 0 aromatic heterocycles. The SMILES string of the molecule is CC(NC1CCCNCC1)c1ccccc1Cl. The van der Waals surface area contributed by atoms with Crippen LogP contribution in [0.2, 0.25) is 5.02 Å². The third kappa shape index (κ3) is 3.70. The molecule has 0 saturated carbocycles. The highest BCUT2D eigenvalue weighted by Gasteiger charge is 2.16. The first kappa shape index (κ1) is 12.9. The Morgan fingerprint density at radius 1 is 1.29 bits per heavy atom. The van der Waals surface area contributed by atoms with E-state index < -0.39 is 0 Å². The summed E-state index contributed by atoms with van der Waals surface area (Å²) in [4.78, 5) is 0. The van der Waals surface area contributed by atoms with Gasteiger partial charge in [-0.15, -0.1) is 0 Å². The number of benzene rings is 1. The van der Waals surface area contributed by atoms with Gasteiger partial charge in [0.25, 0.3) is 0 Å². The molecular formula is C14H21ClN2. The minimum Gasteiger partial charge on any atom is -0.317 e. The average Bonchev–Trinajstić information content (AvgIpc) is 2.58. The minimum atomic E-state index is 0.326. The Kier molecular flexibility index (Phi) is 4.84. The van der Waals surface area contributed by atoms with Gasteiger partial charge in [0.2, 0.25) is 0 Å². The summed E-state index contributed by atoms with van der Waals surface area (Å²) in [6.45, 7) is 4.46. The van der Waals surface area contributed by atoms with E-state index in [2.05, 4.69) is 23.6 Å². The van der Waals surface area contributed by atoms with Crippen LogP contribution in [-0.4, -0.2) is 19.1 Å². The van der Waals surface area contributed by atoms with Crippen LogP contribution in [0.15, 0.2) is 24.3 Å². The van der Waals surface area contributed by atoms with E-state index in [9.17, 15) is 0 Å². The molecule has 0 spiro atoms. The topological polar surface area (TPSA) is 24.1 Å². The fourth-order valence-corrected chi connectivity index (χ4v) is 2.75. The summed E-state index contributed by atoms with van der Waals surface area (Å²) in [7, 11) is 0. The molecule has 1 saturated heterocycles. The van der Waals surface area contributed by atoms with Gasteiger partial charge in [0.15, 0.2) is 0 Å². The summed E-state index contributed by atoms with van der Waals surface area (Å²) in [5.74, 6) is 0. The van der Waals surface area contributed by atoms with Crippen molar-refractivity contribution in [3.63, 3.8) is 0 Å². The van der Waals surface area contributed by atoms with E-state index in [0.717, 1.165) is 18.1 Å². The fourth-order valence-electron chi connectivity index (χ4n) is 2.46. The van der Waals surface area contributed by atoms with E-state index in [1.54, 1.807) is 0 Å². The van der Waals surface area contributed by atoms with E-state index in [4.69, 9.17) is 11.6 Å². The predicted octanol–water partition coefficient (Wildman–Crippen LogP) is 3.13. The van der Waals surface area contributed by atoms with Gasteiger partial charge in [0.1, 0.15) is 0 Å². The maximum Gasteiger partial charge on any atom is 0.0453 e. The van der Waals surface area contributed by atoms with Crippen LogP contribution in [-0.2, 0) is 0 Å². The molecule has 0 aliphatic carbocycles. The normalized spacial score (nSPS) is 23.1. The van der Waals surface area contributed by atoms with Gasteiger partial charge in [-0.25, -0.2) is 0 Å². The van der Waals surface area contributed by atoms with Gasteiger partial charge in [0, 0.05) is 17.1 Å². The lowest BCUT2D eigenvalue weighted by atomic mass is 10.0. The van der Waals surface area contributed by atoms with Crippen LogP contribution in [0.4, 0.5) is 0 Å². The summed E-state index contributed by atoms with van der Waals surface area (Å²) in [5.41, 5.74) is 1.20. The number of halogens is 1. The minimum absolute atomic E-state index is 0.326. The standard InChI is InChI=1S/C14H21ClN2/c1-11(13-6-2-3-7-14(13)15)17-12-5-4-9-16-10-8-12/h2-3,6-7,11-12,16-17H,4-5,8-10H2,1H3. The Hall–Kier alpha value is -0.570. The Morgan fingerprint density at radius 2 is 2.12 bits per heavy atom. The summed E-state index contributed by atoms with van der Waals surface area (Å²) in [5, 5.41) is 7.99. The first-order valence-electron chi connectivity index (χ1n) is 6.48. The zero-order valence-electron chi connectivity index (χ0n) is 10.4. The molecule has 2 nitrogen and oxygen atoms in total. The van der Waals surface area contributed by atoms with E-state index in [1.165, 1.54) is 24.8 Å². The van der Waals surface area contributed by atoms with Crippen LogP contribution in [0.1, 0.15) is 37.8 Å². The highest BCUT2D eigenvalue weighted by molar-refractivity contribution is 6.31. The van der Waals surface area contributed by atoms with E-state index in [-0.39, 0.29) is 0 Å². The van der Waals surface area contributed by atoms with Crippen molar-refractivity contribution in [3.8, 4) is 0 Å². The molecular weight excluding hydrogens is 232 g/mol. The van der Waals surface area contributed by atoms with Crippen LogP contribution in [0.3, 0.4) is 0 Å². The molecule has 17 heavy (non-hydrogen) atoms. The van der Waals surface area contributed by atoms with E-state index in [1.807, 2.05) is 18.2 Å². The molecule has 0 bridgehead atoms. The molecule has 2 rings (SSSR count). The van der Waals surface area contributed by atoms with Crippen molar-refractivity contribution < 1.29 is 0 Å². The largest absolute Gasteiger partial charge is 0.317 e. The van der Waals surface area contributed by atoms with Gasteiger partial charge in [-0.1, -0.05) is 29.8 Å². The maximum atomic E-state index is 6.22. The highest BCUT2D eigenvalue weighted by atomic mass is 35.5. The number of nitrogens with one attached hydrogen (secondary N) is 2. The number of rotatable bonds is 3. The van der Waals surface area contributed by atoms with Crippen LogP contribution < -0.4 is 10.6 Å². The van der Waals surface area contributed by atoms with Gasteiger partial charge >= 0.3 is 0 Å². The van der Waals surface area contributed by atoms with Gasteiger partial charge in [-0.2, -0.15) is 0 Å². The summed E-state index contributed by atoms with van der Waals surface area (Å²) in [6, 6.07) is 9.03. The molecule has 2 atom stereocenters. The average molecular weight is 253 g/mol. The van der Waals surface area contributed by atoms with Crippen molar-refractivity contribution >= 4 is 11.6 Å². The molecule has 3 heteroatoms. The second-order valence-electron chi connectivity index (χ2n) is 4.79. The maximum absolute atomic E-state index is 6.22. The zero-order valence-corrected chi connectivity index (χ0v) is 11.1. The van der Waals surface area contributed by atoms with E-state index in [0.29, 0.717) is 12.1 Å². The van der Waals surface area contributed by atoms with Crippen molar-refractivity contribution in [2.75, 3.05) is 13.1 Å². The molecule has 1 heterocycles. The fraction of sp³-hybridized carbons (Fsp3) is 0.571. The quantitative estimate of drug-likeness (QED) is 0.864. The molecule has 1 aliphatic heterocycles. The first-order chi connectivity index (χ1) is 8.27. The second-order valence-corrected chi connectivity index (χ2v) is 5.19. The van der Waals surface area contributed by atoms with Crippen LogP contribution in [0.5, 0.6) is 0 Å². The van der Waals surface area contributed by atoms with Gasteiger partial charge in [-0.3, -0.25) is 0 Å².